The van der Waals surface area contributed by atoms with Gasteiger partial charge in [0, 0.05) is 10.7 Å². The lowest BCUT2D eigenvalue weighted by Crippen LogP contribution is -2.00. The normalized spacial score (nSPS) is 10.3. The second-order valence-corrected chi connectivity index (χ2v) is 4.62. The van der Waals surface area contributed by atoms with Gasteiger partial charge in [-0.15, -0.1) is 0 Å². The molecule has 0 bridgehead atoms. The molecule has 0 unspecified atom stereocenters. The van der Waals surface area contributed by atoms with Gasteiger partial charge in [-0.2, -0.15) is 0 Å². The lowest BCUT2D eigenvalue weighted by atomic mass is 10.2. The van der Waals surface area contributed by atoms with Crippen molar-refractivity contribution in [2.24, 2.45) is 0 Å². The van der Waals surface area contributed by atoms with Crippen molar-refractivity contribution in [1.82, 2.24) is 4.98 Å². The molecule has 5 heteroatoms. The van der Waals surface area contributed by atoms with Crippen molar-refractivity contribution >= 4 is 33.1 Å². The average molecular weight is 296 g/mol. The summed E-state index contributed by atoms with van der Waals surface area (Å²) in [5.41, 5.74) is 7.45. The second kappa shape index (κ2) is 4.71. The van der Waals surface area contributed by atoms with Crippen LogP contribution in [0.4, 0.5) is 21.6 Å². The third-order valence-electron chi connectivity index (χ3n) is 2.26. The molecule has 2 aromatic rings. The minimum atomic E-state index is -0.325. The van der Waals surface area contributed by atoms with Gasteiger partial charge in [-0.25, -0.2) is 9.37 Å². The minimum absolute atomic E-state index is 0.325. The van der Waals surface area contributed by atoms with Crippen LogP contribution < -0.4 is 11.1 Å². The number of hydrogen-bond acceptors (Lipinski definition) is 3. The Morgan fingerprint density at radius 2 is 2.12 bits per heavy atom. The van der Waals surface area contributed by atoms with Crippen LogP contribution >= 0.6 is 15.9 Å². The maximum absolute atomic E-state index is 13.6. The molecule has 0 aliphatic carbocycles. The van der Waals surface area contributed by atoms with Gasteiger partial charge in [-0.3, -0.25) is 0 Å². The number of halogens is 2. The molecule has 0 fully saturated rings. The molecule has 2 rings (SSSR count). The summed E-state index contributed by atoms with van der Waals surface area (Å²) in [4.78, 5) is 4.09. The van der Waals surface area contributed by atoms with E-state index in [1.807, 2.05) is 13.0 Å². The van der Waals surface area contributed by atoms with Crippen LogP contribution in [0.15, 0.2) is 34.9 Å². The Bertz CT molecular complexity index is 508. The van der Waals surface area contributed by atoms with E-state index < -0.39 is 0 Å². The molecule has 88 valence electrons. The van der Waals surface area contributed by atoms with E-state index in [-0.39, 0.29) is 5.82 Å². The van der Waals surface area contributed by atoms with Crippen LogP contribution in [-0.4, -0.2) is 4.98 Å². The maximum atomic E-state index is 13.6. The van der Waals surface area contributed by atoms with Gasteiger partial charge in [0.1, 0.15) is 5.82 Å². The van der Waals surface area contributed by atoms with Gasteiger partial charge < -0.3 is 11.1 Å². The summed E-state index contributed by atoms with van der Waals surface area (Å²) >= 11 is 3.26. The van der Waals surface area contributed by atoms with Crippen molar-refractivity contribution in [2.75, 3.05) is 11.1 Å². The fourth-order valence-electron chi connectivity index (χ4n) is 1.41. The molecule has 1 aromatic carbocycles. The standard InChI is InChI=1S/C12H11BrFN3/c1-7-2-3-11(9(14)4-7)17-12-10(15)5-8(13)6-16-12/h2-6H,15H2,1H3,(H,16,17). The summed E-state index contributed by atoms with van der Waals surface area (Å²) in [5.74, 6) is 0.116. The fourth-order valence-corrected chi connectivity index (χ4v) is 1.76. The highest BCUT2D eigenvalue weighted by molar-refractivity contribution is 9.10. The van der Waals surface area contributed by atoms with Crippen LogP contribution in [0.3, 0.4) is 0 Å². The van der Waals surface area contributed by atoms with Gasteiger partial charge in [0.05, 0.1) is 11.4 Å². The molecule has 0 spiro atoms. The minimum Gasteiger partial charge on any atom is -0.396 e. The smallest absolute Gasteiger partial charge is 0.153 e. The first-order chi connectivity index (χ1) is 8.06. The lowest BCUT2D eigenvalue weighted by Gasteiger charge is -2.09. The van der Waals surface area contributed by atoms with Crippen LogP contribution in [0.1, 0.15) is 5.56 Å². The third-order valence-corrected chi connectivity index (χ3v) is 2.70. The maximum Gasteiger partial charge on any atom is 0.153 e. The monoisotopic (exact) mass is 295 g/mol. The molecule has 0 saturated heterocycles. The molecule has 0 amide bonds. The van der Waals surface area contributed by atoms with E-state index in [9.17, 15) is 4.39 Å². The molecule has 0 atom stereocenters. The molecule has 1 aromatic heterocycles. The van der Waals surface area contributed by atoms with Gasteiger partial charge in [-0.1, -0.05) is 6.07 Å². The Labute approximate surface area is 107 Å². The third kappa shape index (κ3) is 2.74. The van der Waals surface area contributed by atoms with Gasteiger partial charge in [0.25, 0.3) is 0 Å². The van der Waals surface area contributed by atoms with Gasteiger partial charge in [0.15, 0.2) is 5.82 Å². The molecular weight excluding hydrogens is 285 g/mol. The van der Waals surface area contributed by atoms with Crippen molar-refractivity contribution in [3.05, 3.63) is 46.3 Å². The predicted octanol–water partition coefficient (Wildman–Crippen LogP) is 3.62. The number of anilines is 3. The number of aromatic nitrogens is 1. The van der Waals surface area contributed by atoms with Crippen LogP contribution in [0, 0.1) is 12.7 Å². The Kier molecular flexibility index (Phi) is 3.28. The van der Waals surface area contributed by atoms with Crippen molar-refractivity contribution in [3.8, 4) is 0 Å². The molecule has 0 aliphatic heterocycles. The van der Waals surface area contributed by atoms with Gasteiger partial charge >= 0.3 is 0 Å². The highest BCUT2D eigenvalue weighted by atomic mass is 79.9. The van der Waals surface area contributed by atoms with E-state index in [2.05, 4.69) is 26.2 Å². The summed E-state index contributed by atoms with van der Waals surface area (Å²) < 4.78 is 14.4. The van der Waals surface area contributed by atoms with Gasteiger partial charge in [-0.05, 0) is 46.6 Å². The van der Waals surface area contributed by atoms with E-state index in [4.69, 9.17) is 5.73 Å². The number of rotatable bonds is 2. The SMILES string of the molecule is Cc1ccc(Nc2ncc(Br)cc2N)c(F)c1. The number of pyridine rings is 1. The van der Waals surface area contributed by atoms with Crippen LogP contribution in [-0.2, 0) is 0 Å². The largest absolute Gasteiger partial charge is 0.396 e. The molecular formula is C12H11BrFN3. The first-order valence-corrected chi connectivity index (χ1v) is 5.80. The zero-order chi connectivity index (χ0) is 12.4. The van der Waals surface area contributed by atoms with E-state index in [1.54, 1.807) is 18.3 Å². The number of nitrogens with zero attached hydrogens (tertiary/aromatic N) is 1. The second-order valence-electron chi connectivity index (χ2n) is 3.70. The van der Waals surface area contributed by atoms with E-state index in [1.165, 1.54) is 6.07 Å². The number of aryl methyl sites for hydroxylation is 1. The predicted molar refractivity (Wildman–Crippen MR) is 70.8 cm³/mol. The summed E-state index contributed by atoms with van der Waals surface area (Å²) in [6.45, 7) is 1.83. The lowest BCUT2D eigenvalue weighted by molar-refractivity contribution is 0.630. The summed E-state index contributed by atoms with van der Waals surface area (Å²) in [7, 11) is 0. The van der Waals surface area contributed by atoms with Crippen LogP contribution in [0.2, 0.25) is 0 Å². The molecule has 17 heavy (non-hydrogen) atoms. The first-order valence-electron chi connectivity index (χ1n) is 5.00. The highest BCUT2D eigenvalue weighted by Gasteiger charge is 2.06. The summed E-state index contributed by atoms with van der Waals surface area (Å²) in [5, 5.41) is 2.86. The topological polar surface area (TPSA) is 50.9 Å². The molecule has 0 aliphatic rings. The molecule has 3 nitrogen and oxygen atoms in total. The van der Waals surface area contributed by atoms with Crippen molar-refractivity contribution in [1.29, 1.82) is 0 Å². The number of hydrogen-bond donors (Lipinski definition) is 2. The van der Waals surface area contributed by atoms with Crippen molar-refractivity contribution < 1.29 is 4.39 Å². The molecule has 3 N–H and O–H groups in total. The van der Waals surface area contributed by atoms with Crippen molar-refractivity contribution in [2.45, 2.75) is 6.92 Å². The Balaban J connectivity index is 2.31. The summed E-state index contributed by atoms with van der Waals surface area (Å²) in [6, 6.07) is 6.65. The molecule has 0 saturated carbocycles. The van der Waals surface area contributed by atoms with Crippen molar-refractivity contribution in [3.63, 3.8) is 0 Å². The fraction of sp³-hybridized carbons (Fsp3) is 0.0833. The number of nitrogens with two attached hydrogens (primary N) is 1. The van der Waals surface area contributed by atoms with Gasteiger partial charge in [0.2, 0.25) is 0 Å². The molecule has 0 radical (unpaired) electrons. The highest BCUT2D eigenvalue weighted by Crippen LogP contribution is 2.25. The van der Waals surface area contributed by atoms with E-state index in [0.717, 1.165) is 10.0 Å². The van der Waals surface area contributed by atoms with Crippen LogP contribution in [0.25, 0.3) is 0 Å². The number of nitrogen functional groups attached to an aromatic ring is 1. The zero-order valence-electron chi connectivity index (χ0n) is 9.17. The summed E-state index contributed by atoms with van der Waals surface area (Å²) in [6.07, 6.45) is 1.60. The average Bonchev–Trinajstić information content (AvgIpc) is 2.25. The first kappa shape index (κ1) is 11.9. The quantitative estimate of drug-likeness (QED) is 0.890. The number of nitrogens with one attached hydrogen (secondary N) is 1. The Hall–Kier alpha value is -1.62. The van der Waals surface area contributed by atoms with E-state index >= 15 is 0 Å². The van der Waals surface area contributed by atoms with E-state index in [0.29, 0.717) is 17.2 Å². The molecule has 1 heterocycles. The zero-order valence-corrected chi connectivity index (χ0v) is 10.8. The number of benzene rings is 1. The Morgan fingerprint density at radius 1 is 1.35 bits per heavy atom. The Morgan fingerprint density at radius 3 is 2.76 bits per heavy atom. The van der Waals surface area contributed by atoms with Crippen LogP contribution in [0.5, 0.6) is 0 Å².